The van der Waals surface area contributed by atoms with Crippen molar-refractivity contribution < 1.29 is 19.5 Å². The van der Waals surface area contributed by atoms with E-state index in [1.54, 1.807) is 32.4 Å². The molecule has 0 amide bonds. The van der Waals surface area contributed by atoms with Crippen LogP contribution in [0, 0.1) is 10.1 Å². The van der Waals surface area contributed by atoms with Crippen molar-refractivity contribution in [1.82, 2.24) is 0 Å². The fourth-order valence-corrected chi connectivity index (χ4v) is 4.50. The highest BCUT2D eigenvalue weighted by Crippen LogP contribution is 2.50. The summed E-state index contributed by atoms with van der Waals surface area (Å²) in [5.74, 6) is 1.33. The zero-order valence-corrected chi connectivity index (χ0v) is 18.9. The number of aliphatic hydroxyl groups excluding tert-OH is 1. The minimum atomic E-state index is -1.28. The largest absolute Gasteiger partial charge is 0.497 e. The minimum Gasteiger partial charge on any atom is -0.497 e. The zero-order valence-electron chi connectivity index (χ0n) is 18.9. The predicted octanol–water partition coefficient (Wildman–Crippen LogP) is 5.68. The Hall–Kier alpha value is -4.16. The molecular weight excluding hydrogens is 430 g/mol. The Morgan fingerprint density at radius 1 is 0.706 bits per heavy atom. The number of hydrogen-bond acceptors (Lipinski definition) is 5. The lowest BCUT2D eigenvalue weighted by Crippen LogP contribution is -2.37. The van der Waals surface area contributed by atoms with E-state index in [1.165, 1.54) is 6.07 Å². The van der Waals surface area contributed by atoms with Gasteiger partial charge in [-0.15, -0.1) is 0 Å². The molecule has 0 aliphatic rings. The fraction of sp³-hybridized carbons (Fsp3) is 0.143. The molecular formula is C28H25NO5. The third-order valence-electron chi connectivity index (χ3n) is 6.16. The van der Waals surface area contributed by atoms with Crippen molar-refractivity contribution in [3.8, 4) is 11.5 Å². The molecule has 4 aromatic carbocycles. The van der Waals surface area contributed by atoms with Crippen LogP contribution < -0.4 is 9.47 Å². The van der Waals surface area contributed by atoms with Crippen molar-refractivity contribution >= 4 is 5.69 Å². The van der Waals surface area contributed by atoms with E-state index in [0.29, 0.717) is 11.5 Å². The lowest BCUT2D eigenvalue weighted by Gasteiger charge is -2.40. The van der Waals surface area contributed by atoms with Crippen LogP contribution in [0.15, 0.2) is 103 Å². The molecule has 0 bridgehead atoms. The second kappa shape index (κ2) is 9.77. The van der Waals surface area contributed by atoms with E-state index < -0.39 is 16.4 Å². The number of nitrogens with zero attached hydrogens (tertiary/aromatic N) is 1. The second-order valence-corrected chi connectivity index (χ2v) is 7.85. The number of benzene rings is 4. The van der Waals surface area contributed by atoms with Gasteiger partial charge in [0, 0.05) is 6.07 Å². The smallest absolute Gasteiger partial charge is 0.275 e. The molecule has 0 saturated heterocycles. The molecule has 6 heteroatoms. The third-order valence-corrected chi connectivity index (χ3v) is 6.16. The molecule has 0 heterocycles. The van der Waals surface area contributed by atoms with Crippen molar-refractivity contribution in [2.45, 2.75) is 11.5 Å². The van der Waals surface area contributed by atoms with E-state index in [1.807, 2.05) is 78.9 Å². The van der Waals surface area contributed by atoms with Gasteiger partial charge in [0.25, 0.3) is 5.69 Å². The number of aliphatic hydroxyl groups is 1. The van der Waals surface area contributed by atoms with Gasteiger partial charge >= 0.3 is 0 Å². The summed E-state index contributed by atoms with van der Waals surface area (Å²) >= 11 is 0. The number of para-hydroxylation sites is 1. The third kappa shape index (κ3) is 4.00. The van der Waals surface area contributed by atoms with Gasteiger partial charge in [0.2, 0.25) is 0 Å². The number of nitro groups is 1. The second-order valence-electron chi connectivity index (χ2n) is 7.85. The van der Waals surface area contributed by atoms with Gasteiger partial charge in [0.15, 0.2) is 0 Å². The Labute approximate surface area is 198 Å². The molecule has 0 aromatic heterocycles. The van der Waals surface area contributed by atoms with Crippen molar-refractivity contribution in [1.29, 1.82) is 0 Å². The Morgan fingerprint density at radius 2 is 1.15 bits per heavy atom. The van der Waals surface area contributed by atoms with E-state index >= 15 is 0 Å². The molecule has 1 unspecified atom stereocenters. The van der Waals surface area contributed by atoms with E-state index in [4.69, 9.17) is 9.47 Å². The summed E-state index contributed by atoms with van der Waals surface area (Å²) in [6.45, 7) is 0. The SMILES string of the molecule is COc1ccc(C(c2ccccc2)(c2ccc(OC)cc2)C(O)c2ccccc2[N+](=O)[O-])cc1. The highest BCUT2D eigenvalue weighted by atomic mass is 16.6. The molecule has 6 nitrogen and oxygen atoms in total. The van der Waals surface area contributed by atoms with Gasteiger partial charge in [-0.1, -0.05) is 66.7 Å². The summed E-state index contributed by atoms with van der Waals surface area (Å²) in [5, 5.41) is 24.0. The Morgan fingerprint density at radius 3 is 1.62 bits per heavy atom. The van der Waals surface area contributed by atoms with E-state index in [-0.39, 0.29) is 11.3 Å². The zero-order chi connectivity index (χ0) is 24.1. The maximum atomic E-state index is 12.1. The number of hydrogen-bond donors (Lipinski definition) is 1. The van der Waals surface area contributed by atoms with Gasteiger partial charge in [0.1, 0.15) is 17.6 Å². The van der Waals surface area contributed by atoms with Crippen molar-refractivity contribution in [2.24, 2.45) is 0 Å². The van der Waals surface area contributed by atoms with Crippen LogP contribution in [-0.2, 0) is 5.41 Å². The predicted molar refractivity (Wildman–Crippen MR) is 130 cm³/mol. The first-order chi connectivity index (χ1) is 16.5. The maximum absolute atomic E-state index is 12.1. The van der Waals surface area contributed by atoms with Crippen molar-refractivity contribution in [3.05, 3.63) is 135 Å². The molecule has 0 saturated carbocycles. The maximum Gasteiger partial charge on any atom is 0.275 e. The first-order valence-electron chi connectivity index (χ1n) is 10.8. The Kier molecular flexibility index (Phi) is 6.61. The van der Waals surface area contributed by atoms with Gasteiger partial charge in [-0.25, -0.2) is 0 Å². The first kappa shape index (κ1) is 23.0. The summed E-state index contributed by atoms with van der Waals surface area (Å²) in [6.07, 6.45) is -1.28. The Bertz CT molecular complexity index is 1210. The molecule has 0 aliphatic carbocycles. The lowest BCUT2D eigenvalue weighted by molar-refractivity contribution is -0.386. The number of ether oxygens (including phenoxy) is 2. The first-order valence-corrected chi connectivity index (χ1v) is 10.8. The molecule has 4 aromatic rings. The summed E-state index contributed by atoms with van der Waals surface area (Å²) in [6, 6.07) is 30.7. The number of rotatable bonds is 8. The molecule has 0 spiro atoms. The van der Waals surface area contributed by atoms with Gasteiger partial charge < -0.3 is 14.6 Å². The number of nitro benzene ring substituents is 1. The summed E-state index contributed by atoms with van der Waals surface area (Å²) in [4.78, 5) is 11.4. The van der Waals surface area contributed by atoms with E-state index in [2.05, 4.69) is 0 Å². The number of methoxy groups -OCH3 is 2. The average Bonchev–Trinajstić information content (AvgIpc) is 2.90. The normalized spacial score (nSPS) is 12.1. The highest BCUT2D eigenvalue weighted by Gasteiger charge is 2.46. The molecule has 1 atom stereocenters. The van der Waals surface area contributed by atoms with Gasteiger partial charge in [-0.05, 0) is 47.0 Å². The lowest BCUT2D eigenvalue weighted by atomic mass is 9.64. The van der Waals surface area contributed by atoms with Crippen LogP contribution in [0.4, 0.5) is 5.69 Å². The van der Waals surface area contributed by atoms with E-state index in [9.17, 15) is 15.2 Å². The van der Waals surface area contributed by atoms with Gasteiger partial charge in [0.05, 0.1) is 30.1 Å². The topological polar surface area (TPSA) is 81.8 Å². The molecule has 0 radical (unpaired) electrons. The van der Waals surface area contributed by atoms with Crippen LogP contribution >= 0.6 is 0 Å². The summed E-state index contributed by atoms with van der Waals surface area (Å²) in [7, 11) is 3.18. The van der Waals surface area contributed by atoms with Crippen LogP contribution in [0.25, 0.3) is 0 Å². The summed E-state index contributed by atoms with van der Waals surface area (Å²) in [5.41, 5.74) is 1.23. The molecule has 34 heavy (non-hydrogen) atoms. The monoisotopic (exact) mass is 455 g/mol. The van der Waals surface area contributed by atoms with Crippen LogP contribution in [0.2, 0.25) is 0 Å². The Balaban J connectivity index is 2.08. The van der Waals surface area contributed by atoms with Crippen molar-refractivity contribution in [2.75, 3.05) is 14.2 Å². The van der Waals surface area contributed by atoms with Crippen LogP contribution in [0.1, 0.15) is 28.4 Å². The molecule has 0 aliphatic heterocycles. The van der Waals surface area contributed by atoms with Crippen LogP contribution in [-0.4, -0.2) is 24.2 Å². The molecule has 0 fully saturated rings. The van der Waals surface area contributed by atoms with Crippen LogP contribution in [0.3, 0.4) is 0 Å². The molecule has 1 N–H and O–H groups in total. The molecule has 4 rings (SSSR count). The van der Waals surface area contributed by atoms with Crippen molar-refractivity contribution in [3.63, 3.8) is 0 Å². The summed E-state index contributed by atoms with van der Waals surface area (Å²) < 4.78 is 10.7. The fourth-order valence-electron chi connectivity index (χ4n) is 4.50. The average molecular weight is 456 g/mol. The van der Waals surface area contributed by atoms with Gasteiger partial charge in [-0.3, -0.25) is 10.1 Å². The minimum absolute atomic E-state index is 0.141. The van der Waals surface area contributed by atoms with E-state index in [0.717, 1.165) is 16.7 Å². The van der Waals surface area contributed by atoms with Crippen LogP contribution in [0.5, 0.6) is 11.5 Å². The quantitative estimate of drug-likeness (QED) is 0.210. The highest BCUT2D eigenvalue weighted by molar-refractivity contribution is 5.57. The van der Waals surface area contributed by atoms with Gasteiger partial charge in [-0.2, -0.15) is 0 Å². The molecule has 172 valence electrons. The standard InChI is InChI=1S/C28H25NO5/c1-33-23-16-12-21(13-17-23)28(20-8-4-3-5-9-20,22-14-18-24(34-2)19-15-22)27(30)25-10-6-7-11-26(25)29(31)32/h3-19,27,30H,1-2H3.